The van der Waals surface area contributed by atoms with Crippen molar-refractivity contribution < 1.29 is 9.59 Å². The highest BCUT2D eigenvalue weighted by Crippen LogP contribution is 2.48. The maximum absolute atomic E-state index is 13.4. The van der Waals surface area contributed by atoms with Crippen LogP contribution in [0.4, 0.5) is 0 Å². The van der Waals surface area contributed by atoms with Crippen molar-refractivity contribution >= 4 is 34.8 Å². The summed E-state index contributed by atoms with van der Waals surface area (Å²) in [6.45, 7) is 5.44. The Hall–Kier alpha value is -2.16. The van der Waals surface area contributed by atoms with E-state index in [0.29, 0.717) is 15.6 Å². The maximum Gasteiger partial charge on any atom is 0.177 e. The van der Waals surface area contributed by atoms with E-state index in [1.165, 1.54) is 6.08 Å². The lowest BCUT2D eigenvalue weighted by Crippen LogP contribution is -2.38. The van der Waals surface area contributed by atoms with Gasteiger partial charge >= 0.3 is 0 Å². The van der Waals surface area contributed by atoms with Gasteiger partial charge in [-0.2, -0.15) is 0 Å². The molecule has 2 aromatic rings. The molecule has 2 nitrogen and oxygen atoms in total. The van der Waals surface area contributed by atoms with Crippen molar-refractivity contribution in [3.63, 3.8) is 0 Å². The summed E-state index contributed by atoms with van der Waals surface area (Å²) in [6, 6.07) is 14.6. The molecule has 0 aliphatic heterocycles. The summed E-state index contributed by atoms with van der Waals surface area (Å²) in [6.07, 6.45) is 3.33. The molecular formula is C23H20Cl2O2. The number of carbonyl (C=O) groups is 2. The van der Waals surface area contributed by atoms with E-state index in [1.54, 1.807) is 31.2 Å². The average Bonchev–Trinajstić information content (AvgIpc) is 2.89. The van der Waals surface area contributed by atoms with Crippen LogP contribution in [0.2, 0.25) is 10.0 Å². The molecule has 27 heavy (non-hydrogen) atoms. The first-order chi connectivity index (χ1) is 12.8. The summed E-state index contributed by atoms with van der Waals surface area (Å²) in [5.74, 6) is -0.776. The average molecular weight is 399 g/mol. The van der Waals surface area contributed by atoms with Crippen LogP contribution >= 0.6 is 23.2 Å². The topological polar surface area (TPSA) is 34.1 Å². The molecule has 0 spiro atoms. The fraction of sp³-hybridized carbons (Fsp3) is 0.217. The first-order valence-electron chi connectivity index (χ1n) is 8.74. The third kappa shape index (κ3) is 3.40. The minimum absolute atomic E-state index is 0.155. The van der Waals surface area contributed by atoms with Crippen LogP contribution in [0.3, 0.4) is 0 Å². The molecule has 0 heterocycles. The van der Waals surface area contributed by atoms with E-state index < -0.39 is 11.3 Å². The molecule has 0 amide bonds. The van der Waals surface area contributed by atoms with Crippen LogP contribution in [0, 0.1) is 5.41 Å². The molecule has 0 aromatic heterocycles. The zero-order valence-corrected chi connectivity index (χ0v) is 16.9. The van der Waals surface area contributed by atoms with Crippen LogP contribution in [-0.2, 0) is 9.59 Å². The number of hydrogen-bond donors (Lipinski definition) is 0. The Morgan fingerprint density at radius 1 is 0.926 bits per heavy atom. The molecule has 0 bridgehead atoms. The highest BCUT2D eigenvalue weighted by Gasteiger charge is 2.52. The standard InChI is InChI=1S/C23H20Cl2O2/c1-4-14(2)19-13-20(26)23(3,22(19)27)21(15-5-9-17(24)10-6-15)16-7-11-18(25)12-8-16/h4-13,21H,1-3H3/b14-4+/t23-/m1/s1. The first-order valence-corrected chi connectivity index (χ1v) is 9.49. The number of allylic oxidation sites excluding steroid dienone is 4. The quantitative estimate of drug-likeness (QED) is 0.576. The van der Waals surface area contributed by atoms with E-state index in [0.717, 1.165) is 16.7 Å². The monoisotopic (exact) mass is 398 g/mol. The Balaban J connectivity index is 2.19. The van der Waals surface area contributed by atoms with Crippen molar-refractivity contribution in [2.75, 3.05) is 0 Å². The third-order valence-corrected chi connectivity index (χ3v) is 5.85. The highest BCUT2D eigenvalue weighted by molar-refractivity contribution is 6.31. The molecule has 0 saturated heterocycles. The summed E-state index contributed by atoms with van der Waals surface area (Å²) in [4.78, 5) is 26.5. The van der Waals surface area contributed by atoms with Crippen LogP contribution in [-0.4, -0.2) is 11.6 Å². The van der Waals surface area contributed by atoms with Crippen LogP contribution in [0.1, 0.15) is 37.8 Å². The van der Waals surface area contributed by atoms with Crippen LogP contribution in [0.15, 0.2) is 71.8 Å². The van der Waals surface area contributed by atoms with Gasteiger partial charge in [-0.15, -0.1) is 0 Å². The molecule has 0 fully saturated rings. The Kier molecular flexibility index (Phi) is 5.41. The van der Waals surface area contributed by atoms with Crippen LogP contribution in [0.5, 0.6) is 0 Å². The minimum atomic E-state index is -1.22. The van der Waals surface area contributed by atoms with Crippen molar-refractivity contribution in [2.24, 2.45) is 5.41 Å². The molecule has 0 N–H and O–H groups in total. The molecule has 1 atom stereocenters. The molecule has 0 saturated carbocycles. The highest BCUT2D eigenvalue weighted by atomic mass is 35.5. The van der Waals surface area contributed by atoms with E-state index >= 15 is 0 Å². The normalized spacial score (nSPS) is 20.4. The van der Waals surface area contributed by atoms with Gasteiger partial charge < -0.3 is 0 Å². The molecular weight excluding hydrogens is 379 g/mol. The van der Waals surface area contributed by atoms with Crippen molar-refractivity contribution in [3.8, 4) is 0 Å². The third-order valence-electron chi connectivity index (χ3n) is 5.35. The van der Waals surface area contributed by atoms with Crippen molar-refractivity contribution in [3.05, 3.63) is 93.0 Å². The smallest absolute Gasteiger partial charge is 0.177 e. The van der Waals surface area contributed by atoms with Crippen molar-refractivity contribution in [1.82, 2.24) is 0 Å². The second-order valence-electron chi connectivity index (χ2n) is 6.96. The lowest BCUT2D eigenvalue weighted by molar-refractivity contribution is -0.133. The second-order valence-corrected chi connectivity index (χ2v) is 7.83. The Morgan fingerprint density at radius 3 is 1.78 bits per heavy atom. The van der Waals surface area contributed by atoms with E-state index in [-0.39, 0.29) is 11.6 Å². The minimum Gasteiger partial charge on any atom is -0.294 e. The lowest BCUT2D eigenvalue weighted by Gasteiger charge is -2.33. The number of carbonyl (C=O) groups excluding carboxylic acids is 2. The van der Waals surface area contributed by atoms with Crippen molar-refractivity contribution in [2.45, 2.75) is 26.7 Å². The zero-order chi connectivity index (χ0) is 19.8. The molecule has 138 valence electrons. The molecule has 1 aliphatic carbocycles. The predicted octanol–water partition coefficient (Wildman–Crippen LogP) is 6.18. The van der Waals surface area contributed by atoms with Gasteiger partial charge in [0.25, 0.3) is 0 Å². The number of halogens is 2. The van der Waals surface area contributed by atoms with Gasteiger partial charge in [-0.1, -0.05) is 53.5 Å². The van der Waals surface area contributed by atoms with E-state index in [2.05, 4.69) is 0 Å². The van der Waals surface area contributed by atoms with Crippen LogP contribution < -0.4 is 0 Å². The molecule has 1 aliphatic rings. The van der Waals surface area contributed by atoms with E-state index in [4.69, 9.17) is 23.2 Å². The van der Waals surface area contributed by atoms with Gasteiger partial charge in [0.1, 0.15) is 5.41 Å². The van der Waals surface area contributed by atoms with Gasteiger partial charge in [0.05, 0.1) is 0 Å². The summed E-state index contributed by atoms with van der Waals surface area (Å²) < 4.78 is 0. The summed E-state index contributed by atoms with van der Waals surface area (Å²) >= 11 is 12.1. The first kappa shape index (κ1) is 19.6. The van der Waals surface area contributed by atoms with Gasteiger partial charge in [-0.25, -0.2) is 0 Å². The summed E-state index contributed by atoms with van der Waals surface area (Å²) in [5, 5.41) is 1.21. The molecule has 4 heteroatoms. The van der Waals surface area contributed by atoms with E-state index in [9.17, 15) is 9.59 Å². The van der Waals surface area contributed by atoms with Gasteiger partial charge in [-0.3, -0.25) is 9.59 Å². The number of ketones is 2. The van der Waals surface area contributed by atoms with Gasteiger partial charge in [-0.05, 0) is 67.8 Å². The predicted molar refractivity (Wildman–Crippen MR) is 110 cm³/mol. The fourth-order valence-electron chi connectivity index (χ4n) is 3.63. The number of benzene rings is 2. The Bertz CT molecular complexity index is 907. The second kappa shape index (κ2) is 7.46. The van der Waals surface area contributed by atoms with Crippen molar-refractivity contribution in [1.29, 1.82) is 0 Å². The van der Waals surface area contributed by atoms with Gasteiger partial charge in [0.15, 0.2) is 11.6 Å². The number of Topliss-reactive ketones (excluding diaryl/α,β-unsaturated/α-hetero) is 1. The largest absolute Gasteiger partial charge is 0.294 e. The lowest BCUT2D eigenvalue weighted by atomic mass is 9.66. The van der Waals surface area contributed by atoms with Gasteiger partial charge in [0.2, 0.25) is 0 Å². The molecule has 3 rings (SSSR count). The van der Waals surface area contributed by atoms with Gasteiger partial charge in [0, 0.05) is 21.5 Å². The number of hydrogen-bond acceptors (Lipinski definition) is 2. The zero-order valence-electron chi connectivity index (χ0n) is 15.4. The molecule has 0 unspecified atom stereocenters. The van der Waals surface area contributed by atoms with E-state index in [1.807, 2.05) is 44.2 Å². The molecule has 2 aromatic carbocycles. The SMILES string of the molecule is C/C=C(\C)C1=CC(=O)[C@](C)(C(c2ccc(Cl)cc2)c2ccc(Cl)cc2)C1=O. The maximum atomic E-state index is 13.4. The fourth-order valence-corrected chi connectivity index (χ4v) is 3.88. The Labute approximate surface area is 169 Å². The summed E-state index contributed by atoms with van der Waals surface area (Å²) in [7, 11) is 0. The summed E-state index contributed by atoms with van der Waals surface area (Å²) in [5.41, 5.74) is 1.79. The van der Waals surface area contributed by atoms with Crippen LogP contribution in [0.25, 0.3) is 0 Å². The molecule has 0 radical (unpaired) electrons. The Morgan fingerprint density at radius 2 is 1.37 bits per heavy atom. The number of rotatable bonds is 4.